The first-order valence-electron chi connectivity index (χ1n) is 9.14. The predicted molar refractivity (Wildman–Crippen MR) is 111 cm³/mol. The van der Waals surface area contributed by atoms with E-state index < -0.39 is 15.9 Å². The van der Waals surface area contributed by atoms with Gasteiger partial charge in [-0.3, -0.25) is 4.79 Å². The van der Waals surface area contributed by atoms with Crippen LogP contribution in [-0.4, -0.2) is 51.5 Å². The molecule has 1 aliphatic heterocycles. The Bertz CT molecular complexity index is 984. The number of ether oxygens (including phenoxy) is 2. The van der Waals surface area contributed by atoms with E-state index in [1.807, 2.05) is 32.0 Å². The molecule has 0 radical (unpaired) electrons. The summed E-state index contributed by atoms with van der Waals surface area (Å²) >= 11 is 6.15. The molecule has 3 rings (SSSR count). The van der Waals surface area contributed by atoms with Crippen molar-refractivity contribution >= 4 is 33.2 Å². The maximum Gasteiger partial charge on any atom is 0.262 e. The van der Waals surface area contributed by atoms with E-state index in [1.165, 1.54) is 22.5 Å². The van der Waals surface area contributed by atoms with Crippen LogP contribution in [0, 0.1) is 13.8 Å². The van der Waals surface area contributed by atoms with Gasteiger partial charge >= 0.3 is 0 Å². The van der Waals surface area contributed by atoms with Crippen molar-refractivity contribution in [2.75, 3.05) is 38.2 Å². The van der Waals surface area contributed by atoms with Crippen LogP contribution in [0.2, 0.25) is 5.02 Å². The van der Waals surface area contributed by atoms with Gasteiger partial charge in [-0.15, -0.1) is 0 Å². The SMILES string of the molecule is Cc1cc(C)cc(OCC(=O)Nc2cc(S(=O)(=O)N3CCOCC3)ccc2Cl)c1. The van der Waals surface area contributed by atoms with Gasteiger partial charge in [0, 0.05) is 13.1 Å². The summed E-state index contributed by atoms with van der Waals surface area (Å²) < 4.78 is 37.7. The molecular formula is C20H23ClN2O5S. The molecule has 1 aliphatic rings. The van der Waals surface area contributed by atoms with Crippen LogP contribution in [-0.2, 0) is 19.6 Å². The van der Waals surface area contributed by atoms with Gasteiger partial charge in [0.15, 0.2) is 6.61 Å². The highest BCUT2D eigenvalue weighted by molar-refractivity contribution is 7.89. The van der Waals surface area contributed by atoms with Crippen LogP contribution in [0.4, 0.5) is 5.69 Å². The van der Waals surface area contributed by atoms with Crippen molar-refractivity contribution in [3.63, 3.8) is 0 Å². The van der Waals surface area contributed by atoms with Crippen LogP contribution in [0.1, 0.15) is 11.1 Å². The average Bonchev–Trinajstić information content (AvgIpc) is 2.68. The summed E-state index contributed by atoms with van der Waals surface area (Å²) in [6, 6.07) is 9.92. The van der Waals surface area contributed by atoms with Crippen molar-refractivity contribution < 1.29 is 22.7 Å². The van der Waals surface area contributed by atoms with Gasteiger partial charge < -0.3 is 14.8 Å². The molecule has 0 bridgehead atoms. The molecule has 7 nitrogen and oxygen atoms in total. The number of sulfonamides is 1. The highest BCUT2D eigenvalue weighted by atomic mass is 35.5. The Morgan fingerprint density at radius 3 is 2.45 bits per heavy atom. The second-order valence-corrected chi connectivity index (χ2v) is 9.16. The second-order valence-electron chi connectivity index (χ2n) is 6.82. The zero-order valence-corrected chi connectivity index (χ0v) is 17.8. The number of hydrogen-bond donors (Lipinski definition) is 1. The molecule has 2 aromatic rings. The largest absolute Gasteiger partial charge is 0.484 e. The lowest BCUT2D eigenvalue weighted by Crippen LogP contribution is -2.40. The zero-order chi connectivity index (χ0) is 21.0. The number of carbonyl (C=O) groups excluding carboxylic acids is 1. The Kier molecular flexibility index (Phi) is 6.79. The van der Waals surface area contributed by atoms with Gasteiger partial charge in [0.2, 0.25) is 10.0 Å². The van der Waals surface area contributed by atoms with E-state index in [1.54, 1.807) is 0 Å². The first-order chi connectivity index (χ1) is 13.8. The number of nitrogens with one attached hydrogen (secondary N) is 1. The van der Waals surface area contributed by atoms with Gasteiger partial charge in [0.1, 0.15) is 5.75 Å². The minimum absolute atomic E-state index is 0.0642. The molecule has 0 spiro atoms. The minimum Gasteiger partial charge on any atom is -0.484 e. The maximum atomic E-state index is 12.8. The van der Waals surface area contributed by atoms with Gasteiger partial charge in [-0.25, -0.2) is 8.42 Å². The third kappa shape index (κ3) is 5.48. The van der Waals surface area contributed by atoms with E-state index in [0.717, 1.165) is 11.1 Å². The number of morpholine rings is 1. The number of amides is 1. The third-order valence-electron chi connectivity index (χ3n) is 4.38. The van der Waals surface area contributed by atoms with Crippen LogP contribution < -0.4 is 10.1 Å². The summed E-state index contributed by atoms with van der Waals surface area (Å²) in [6.45, 7) is 4.95. The van der Waals surface area contributed by atoms with E-state index in [9.17, 15) is 13.2 Å². The highest BCUT2D eigenvalue weighted by Crippen LogP contribution is 2.27. The van der Waals surface area contributed by atoms with Crippen LogP contribution in [0.25, 0.3) is 0 Å². The molecule has 0 atom stereocenters. The van der Waals surface area contributed by atoms with Gasteiger partial charge in [-0.1, -0.05) is 17.7 Å². The summed E-state index contributed by atoms with van der Waals surface area (Å²) in [4.78, 5) is 12.4. The molecule has 1 amide bonds. The molecule has 0 aliphatic carbocycles. The number of aryl methyl sites for hydroxylation is 2. The monoisotopic (exact) mass is 438 g/mol. The van der Waals surface area contributed by atoms with Crippen LogP contribution in [0.5, 0.6) is 5.75 Å². The summed E-state index contributed by atoms with van der Waals surface area (Å²) in [6.07, 6.45) is 0. The molecule has 9 heteroatoms. The number of halogens is 1. The Balaban J connectivity index is 1.70. The summed E-state index contributed by atoms with van der Waals surface area (Å²) in [5, 5.41) is 2.86. The minimum atomic E-state index is -3.69. The molecule has 156 valence electrons. The molecule has 1 N–H and O–H groups in total. The summed E-state index contributed by atoms with van der Waals surface area (Å²) in [5.41, 5.74) is 2.28. The lowest BCUT2D eigenvalue weighted by molar-refractivity contribution is -0.118. The molecule has 0 saturated carbocycles. The van der Waals surface area contributed by atoms with Crippen LogP contribution in [0.15, 0.2) is 41.3 Å². The van der Waals surface area contributed by atoms with Crippen molar-refractivity contribution in [2.45, 2.75) is 18.7 Å². The molecule has 1 saturated heterocycles. The van der Waals surface area contributed by atoms with Gasteiger partial charge in [0.05, 0.1) is 28.8 Å². The van der Waals surface area contributed by atoms with Crippen molar-refractivity contribution in [1.29, 1.82) is 0 Å². The van der Waals surface area contributed by atoms with Gasteiger partial charge in [0.25, 0.3) is 5.91 Å². The summed E-state index contributed by atoms with van der Waals surface area (Å²) in [5.74, 6) is 0.152. The smallest absolute Gasteiger partial charge is 0.262 e. The standard InChI is InChI=1S/C20H23ClN2O5S/c1-14-9-15(2)11-16(10-14)28-13-20(24)22-19-12-17(3-4-18(19)21)29(25,26)23-5-7-27-8-6-23/h3-4,9-12H,5-8,13H2,1-2H3,(H,22,24). The van der Waals surface area contributed by atoms with Crippen molar-refractivity contribution in [2.24, 2.45) is 0 Å². The van der Waals surface area contributed by atoms with E-state index in [2.05, 4.69) is 5.32 Å². The quantitative estimate of drug-likeness (QED) is 0.749. The van der Waals surface area contributed by atoms with Crippen molar-refractivity contribution in [1.82, 2.24) is 4.31 Å². The normalized spacial score (nSPS) is 15.1. The van der Waals surface area contributed by atoms with Crippen molar-refractivity contribution in [3.8, 4) is 5.75 Å². The maximum absolute atomic E-state index is 12.8. The molecule has 0 unspecified atom stereocenters. The first kappa shape index (κ1) is 21.6. The topological polar surface area (TPSA) is 84.9 Å². The second kappa shape index (κ2) is 9.13. The molecule has 1 heterocycles. The fourth-order valence-corrected chi connectivity index (χ4v) is 4.65. The lowest BCUT2D eigenvalue weighted by atomic mass is 10.1. The summed E-state index contributed by atoms with van der Waals surface area (Å²) in [7, 11) is -3.69. The van der Waals surface area contributed by atoms with Crippen molar-refractivity contribution in [3.05, 3.63) is 52.5 Å². The van der Waals surface area contributed by atoms with E-state index in [0.29, 0.717) is 19.0 Å². The number of anilines is 1. The van der Waals surface area contributed by atoms with E-state index >= 15 is 0 Å². The molecule has 0 aromatic heterocycles. The molecular weight excluding hydrogens is 416 g/mol. The zero-order valence-electron chi connectivity index (χ0n) is 16.3. The Hall–Kier alpha value is -2.13. The Morgan fingerprint density at radius 1 is 1.14 bits per heavy atom. The van der Waals surface area contributed by atoms with E-state index in [4.69, 9.17) is 21.1 Å². The Labute approximate surface area is 175 Å². The number of hydrogen-bond acceptors (Lipinski definition) is 5. The first-order valence-corrected chi connectivity index (χ1v) is 11.0. The average molecular weight is 439 g/mol. The Morgan fingerprint density at radius 2 is 1.79 bits per heavy atom. The molecule has 1 fully saturated rings. The molecule has 2 aromatic carbocycles. The molecule has 29 heavy (non-hydrogen) atoms. The number of carbonyl (C=O) groups is 1. The highest BCUT2D eigenvalue weighted by Gasteiger charge is 2.27. The lowest BCUT2D eigenvalue weighted by Gasteiger charge is -2.26. The van der Waals surface area contributed by atoms with Gasteiger partial charge in [-0.2, -0.15) is 4.31 Å². The van der Waals surface area contributed by atoms with Gasteiger partial charge in [-0.05, 0) is 55.3 Å². The van der Waals surface area contributed by atoms with Crippen LogP contribution in [0.3, 0.4) is 0 Å². The fraction of sp³-hybridized carbons (Fsp3) is 0.350. The predicted octanol–water partition coefficient (Wildman–Crippen LogP) is 3.00. The number of rotatable bonds is 6. The van der Waals surface area contributed by atoms with E-state index in [-0.39, 0.29) is 35.3 Å². The van der Waals surface area contributed by atoms with Crippen LogP contribution >= 0.6 is 11.6 Å². The number of benzene rings is 2. The fourth-order valence-electron chi connectivity index (χ4n) is 3.05. The number of nitrogens with zero attached hydrogens (tertiary/aromatic N) is 1. The third-order valence-corrected chi connectivity index (χ3v) is 6.61.